The van der Waals surface area contributed by atoms with Crippen molar-refractivity contribution in [2.24, 2.45) is 7.05 Å². The Morgan fingerprint density at radius 1 is 1.19 bits per heavy atom. The molecule has 3 aromatic heterocycles. The lowest BCUT2D eigenvalue weighted by atomic mass is 10.00. The Hall–Kier alpha value is -3.39. The van der Waals surface area contributed by atoms with Gasteiger partial charge in [-0.2, -0.15) is 0 Å². The van der Waals surface area contributed by atoms with Gasteiger partial charge in [0.15, 0.2) is 5.65 Å². The standard InChI is InChI=1S/C24H29N5O3/c1-15-19(16(2)25-23-22(15)24(32-5)27-28(23)3)7-9-21(30)26-18-6-8-20-17(14-18)10-11-29(20)12-13-31-4/h6,8,10-11,14H,7,9,12-13H2,1-5H3,(H,26,30). The van der Waals surface area contributed by atoms with Crippen molar-refractivity contribution in [3.8, 4) is 5.88 Å². The molecule has 8 heteroatoms. The lowest BCUT2D eigenvalue weighted by Crippen LogP contribution is -2.13. The molecular formula is C24H29N5O3. The van der Waals surface area contributed by atoms with Crippen LogP contribution in [0.4, 0.5) is 5.69 Å². The number of nitrogens with zero attached hydrogens (tertiary/aromatic N) is 4. The van der Waals surface area contributed by atoms with E-state index in [4.69, 9.17) is 14.5 Å². The van der Waals surface area contributed by atoms with Crippen LogP contribution in [-0.4, -0.2) is 46.1 Å². The molecular weight excluding hydrogens is 406 g/mol. The van der Waals surface area contributed by atoms with Crippen LogP contribution in [-0.2, 0) is 29.5 Å². The van der Waals surface area contributed by atoms with E-state index in [9.17, 15) is 4.79 Å². The van der Waals surface area contributed by atoms with Gasteiger partial charge < -0.3 is 19.4 Å². The monoisotopic (exact) mass is 435 g/mol. The zero-order valence-electron chi connectivity index (χ0n) is 19.2. The van der Waals surface area contributed by atoms with E-state index in [-0.39, 0.29) is 5.91 Å². The normalized spacial score (nSPS) is 11.4. The molecule has 0 unspecified atom stereocenters. The maximum Gasteiger partial charge on any atom is 0.242 e. The predicted molar refractivity (Wildman–Crippen MR) is 125 cm³/mol. The second kappa shape index (κ2) is 9.00. The van der Waals surface area contributed by atoms with Crippen molar-refractivity contribution < 1.29 is 14.3 Å². The largest absolute Gasteiger partial charge is 0.479 e. The number of aromatic nitrogens is 4. The van der Waals surface area contributed by atoms with Gasteiger partial charge in [-0.25, -0.2) is 9.67 Å². The summed E-state index contributed by atoms with van der Waals surface area (Å²) in [7, 11) is 5.16. The van der Waals surface area contributed by atoms with E-state index in [1.807, 2.05) is 45.3 Å². The summed E-state index contributed by atoms with van der Waals surface area (Å²) in [5.41, 5.74) is 5.73. The number of nitrogens with one attached hydrogen (secondary N) is 1. The number of methoxy groups -OCH3 is 2. The number of carbonyl (C=O) groups excluding carboxylic acids is 1. The third-order valence-corrected chi connectivity index (χ3v) is 5.91. The second-order valence-corrected chi connectivity index (χ2v) is 7.96. The van der Waals surface area contributed by atoms with Gasteiger partial charge in [-0.05, 0) is 55.7 Å². The third-order valence-electron chi connectivity index (χ3n) is 5.91. The number of amides is 1. The molecule has 0 aliphatic carbocycles. The van der Waals surface area contributed by atoms with Gasteiger partial charge >= 0.3 is 0 Å². The second-order valence-electron chi connectivity index (χ2n) is 7.96. The van der Waals surface area contributed by atoms with E-state index in [1.165, 1.54) is 0 Å². The van der Waals surface area contributed by atoms with E-state index in [1.54, 1.807) is 18.9 Å². The first-order valence-electron chi connectivity index (χ1n) is 10.7. The fraction of sp³-hybridized carbons (Fsp3) is 0.375. The summed E-state index contributed by atoms with van der Waals surface area (Å²) in [6, 6.07) is 8.02. The molecule has 1 amide bonds. The van der Waals surface area contributed by atoms with Crippen LogP contribution in [0.15, 0.2) is 30.5 Å². The first kappa shape index (κ1) is 21.8. The lowest BCUT2D eigenvalue weighted by Gasteiger charge is -2.12. The Morgan fingerprint density at radius 3 is 2.75 bits per heavy atom. The maximum absolute atomic E-state index is 12.7. The molecule has 1 N–H and O–H groups in total. The SMILES string of the molecule is COCCn1ccc2cc(NC(=O)CCc3c(C)nc4c(c(OC)nn4C)c3C)ccc21. The summed E-state index contributed by atoms with van der Waals surface area (Å²) >= 11 is 0. The average molecular weight is 436 g/mol. The molecule has 8 nitrogen and oxygen atoms in total. The molecule has 168 valence electrons. The van der Waals surface area contributed by atoms with E-state index in [0.29, 0.717) is 25.3 Å². The molecule has 0 spiro atoms. The molecule has 4 rings (SSSR count). The van der Waals surface area contributed by atoms with Gasteiger partial charge in [0.25, 0.3) is 0 Å². The number of carbonyl (C=O) groups is 1. The fourth-order valence-electron chi connectivity index (χ4n) is 4.23. The van der Waals surface area contributed by atoms with Crippen LogP contribution in [0.2, 0.25) is 0 Å². The van der Waals surface area contributed by atoms with E-state index in [0.717, 1.165) is 51.0 Å². The fourth-order valence-corrected chi connectivity index (χ4v) is 4.23. The Kier molecular flexibility index (Phi) is 6.14. The van der Waals surface area contributed by atoms with Crippen molar-refractivity contribution in [2.45, 2.75) is 33.2 Å². The minimum atomic E-state index is -0.0276. The number of aryl methyl sites for hydroxylation is 3. The predicted octanol–water partition coefficient (Wildman–Crippen LogP) is 3.77. The number of ether oxygens (including phenoxy) is 2. The van der Waals surface area contributed by atoms with Crippen molar-refractivity contribution in [3.63, 3.8) is 0 Å². The van der Waals surface area contributed by atoms with Gasteiger partial charge in [0.2, 0.25) is 11.8 Å². The summed E-state index contributed by atoms with van der Waals surface area (Å²) < 4.78 is 14.5. The zero-order chi connectivity index (χ0) is 22.8. The number of pyridine rings is 1. The molecule has 0 bridgehead atoms. The van der Waals surface area contributed by atoms with Gasteiger partial charge in [0, 0.05) is 55.6 Å². The molecule has 3 heterocycles. The molecule has 0 saturated carbocycles. The Morgan fingerprint density at radius 2 is 2.00 bits per heavy atom. The van der Waals surface area contributed by atoms with E-state index >= 15 is 0 Å². The quantitative estimate of drug-likeness (QED) is 0.456. The summed E-state index contributed by atoms with van der Waals surface area (Å²) in [5.74, 6) is 0.532. The Labute approximate surface area is 187 Å². The highest BCUT2D eigenvalue weighted by molar-refractivity contribution is 5.94. The van der Waals surface area contributed by atoms with E-state index in [2.05, 4.69) is 21.0 Å². The number of hydrogen-bond acceptors (Lipinski definition) is 5. The number of benzene rings is 1. The van der Waals surface area contributed by atoms with Gasteiger partial charge in [0.05, 0.1) is 19.1 Å². The summed E-state index contributed by atoms with van der Waals surface area (Å²) in [5, 5.41) is 9.40. The van der Waals surface area contributed by atoms with Crippen LogP contribution in [0, 0.1) is 13.8 Å². The molecule has 0 aliphatic rings. The van der Waals surface area contributed by atoms with Crippen molar-refractivity contribution in [3.05, 3.63) is 47.3 Å². The van der Waals surface area contributed by atoms with Crippen LogP contribution in [0.25, 0.3) is 21.9 Å². The topological polar surface area (TPSA) is 83.2 Å². The van der Waals surface area contributed by atoms with Crippen LogP contribution in [0.5, 0.6) is 5.88 Å². The first-order valence-corrected chi connectivity index (χ1v) is 10.7. The van der Waals surface area contributed by atoms with Gasteiger partial charge in [-0.1, -0.05) is 0 Å². The highest BCUT2D eigenvalue weighted by Crippen LogP contribution is 2.30. The summed E-state index contributed by atoms with van der Waals surface area (Å²) in [4.78, 5) is 17.4. The Bertz CT molecular complexity index is 1290. The minimum Gasteiger partial charge on any atom is -0.479 e. The third kappa shape index (κ3) is 4.05. The summed E-state index contributed by atoms with van der Waals surface area (Å²) in [6.45, 7) is 5.47. The minimum absolute atomic E-state index is 0.0276. The number of rotatable bonds is 8. The highest BCUT2D eigenvalue weighted by atomic mass is 16.5. The molecule has 0 atom stereocenters. The zero-order valence-corrected chi connectivity index (χ0v) is 19.2. The number of fused-ring (bicyclic) bond motifs is 2. The van der Waals surface area contributed by atoms with Crippen molar-refractivity contribution in [1.29, 1.82) is 0 Å². The molecule has 1 aromatic carbocycles. The van der Waals surface area contributed by atoms with Crippen molar-refractivity contribution in [1.82, 2.24) is 19.3 Å². The Balaban J connectivity index is 1.48. The molecule has 32 heavy (non-hydrogen) atoms. The van der Waals surface area contributed by atoms with Crippen LogP contribution >= 0.6 is 0 Å². The van der Waals surface area contributed by atoms with Gasteiger partial charge in [0.1, 0.15) is 0 Å². The van der Waals surface area contributed by atoms with Crippen molar-refractivity contribution >= 4 is 33.5 Å². The summed E-state index contributed by atoms with van der Waals surface area (Å²) in [6.07, 6.45) is 3.00. The van der Waals surface area contributed by atoms with Gasteiger partial charge in [-0.15, -0.1) is 5.10 Å². The van der Waals surface area contributed by atoms with Crippen molar-refractivity contribution in [2.75, 3.05) is 26.1 Å². The van der Waals surface area contributed by atoms with Crippen LogP contribution in [0.3, 0.4) is 0 Å². The smallest absolute Gasteiger partial charge is 0.242 e. The lowest BCUT2D eigenvalue weighted by molar-refractivity contribution is -0.116. The number of anilines is 1. The maximum atomic E-state index is 12.7. The molecule has 0 fully saturated rings. The van der Waals surface area contributed by atoms with Gasteiger partial charge in [-0.3, -0.25) is 4.79 Å². The highest BCUT2D eigenvalue weighted by Gasteiger charge is 2.18. The van der Waals surface area contributed by atoms with Crippen LogP contribution in [0.1, 0.15) is 23.2 Å². The molecule has 4 aromatic rings. The molecule has 0 radical (unpaired) electrons. The van der Waals surface area contributed by atoms with Crippen LogP contribution < -0.4 is 10.1 Å². The average Bonchev–Trinajstić information content (AvgIpc) is 3.32. The number of hydrogen-bond donors (Lipinski definition) is 1. The van der Waals surface area contributed by atoms with E-state index < -0.39 is 0 Å². The molecule has 0 saturated heterocycles. The molecule has 0 aliphatic heterocycles. The first-order chi connectivity index (χ1) is 15.4.